The molecule has 82 valence electrons. The van der Waals surface area contributed by atoms with Gasteiger partial charge in [0.05, 0.1) is 23.3 Å². The molecule has 0 aliphatic carbocycles. The molecule has 0 amide bonds. The lowest BCUT2D eigenvalue weighted by molar-refractivity contribution is 1.42. The van der Waals surface area contributed by atoms with Crippen LogP contribution >= 0.6 is 0 Å². The average molecular weight is 220 g/mol. The number of rotatable bonds is 0. The Labute approximate surface area is 101 Å². The summed E-state index contributed by atoms with van der Waals surface area (Å²) in [6.45, 7) is 1.97. The van der Waals surface area contributed by atoms with Crippen LogP contribution in [-0.2, 0) is 0 Å². The number of nitrogens with zero attached hydrogens (tertiary/aromatic N) is 2. The van der Waals surface area contributed by atoms with Crippen LogP contribution in [0.1, 0.15) is 16.7 Å². The van der Waals surface area contributed by atoms with E-state index in [-0.39, 0.29) is 0 Å². The zero-order chi connectivity index (χ0) is 12.5. The predicted molar refractivity (Wildman–Crippen MR) is 67.1 cm³/mol. The van der Waals surface area contributed by atoms with Crippen molar-refractivity contribution in [2.75, 3.05) is 0 Å². The van der Waals surface area contributed by atoms with E-state index in [0.29, 0.717) is 5.56 Å². The lowest BCUT2D eigenvalue weighted by Gasteiger charge is -1.88. The van der Waals surface area contributed by atoms with Crippen molar-refractivity contribution in [2.24, 2.45) is 0 Å². The van der Waals surface area contributed by atoms with Crippen LogP contribution in [0.4, 0.5) is 0 Å². The number of hydrogen-bond acceptors (Lipinski definition) is 2. The maximum absolute atomic E-state index is 8.41. The summed E-state index contributed by atoms with van der Waals surface area (Å²) in [6, 6.07) is 20.7. The van der Waals surface area contributed by atoms with E-state index in [1.54, 1.807) is 18.2 Å². The fourth-order valence-electron chi connectivity index (χ4n) is 1.23. The number of benzene rings is 2. The van der Waals surface area contributed by atoms with E-state index < -0.39 is 0 Å². The van der Waals surface area contributed by atoms with Gasteiger partial charge in [-0.2, -0.15) is 10.5 Å². The zero-order valence-electron chi connectivity index (χ0n) is 9.59. The minimum atomic E-state index is 0.715. The van der Waals surface area contributed by atoms with Crippen LogP contribution in [0.3, 0.4) is 0 Å². The molecule has 0 aliphatic heterocycles. The lowest BCUT2D eigenvalue weighted by Crippen LogP contribution is -1.73. The highest BCUT2D eigenvalue weighted by molar-refractivity contribution is 5.31. The molecular weight excluding hydrogens is 208 g/mol. The molecule has 0 fully saturated rings. The van der Waals surface area contributed by atoms with Crippen LogP contribution in [0.15, 0.2) is 54.6 Å². The Balaban J connectivity index is 0.000000171. The fourth-order valence-corrected chi connectivity index (χ4v) is 1.23. The molecule has 2 rings (SSSR count). The first kappa shape index (κ1) is 12.5. The molecule has 0 unspecified atom stereocenters. The molecule has 0 heterocycles. The Morgan fingerprint density at radius 2 is 1.35 bits per heavy atom. The zero-order valence-corrected chi connectivity index (χ0v) is 9.59. The summed E-state index contributed by atoms with van der Waals surface area (Å²) in [5.41, 5.74) is 2.58. The highest BCUT2D eigenvalue weighted by Gasteiger charge is 1.86. The minimum Gasteiger partial charge on any atom is -0.192 e. The first-order valence-electron chi connectivity index (χ1n) is 5.18. The summed E-state index contributed by atoms with van der Waals surface area (Å²) >= 11 is 0. The summed E-state index contributed by atoms with van der Waals surface area (Å²) in [5, 5.41) is 16.7. The molecule has 2 aromatic carbocycles. The van der Waals surface area contributed by atoms with Crippen molar-refractivity contribution < 1.29 is 0 Å². The SMILES string of the molecule is Cc1cccc(C#N)c1.N#Cc1ccccc1. The van der Waals surface area contributed by atoms with E-state index in [0.717, 1.165) is 11.1 Å². The van der Waals surface area contributed by atoms with Crippen LogP contribution in [0.25, 0.3) is 0 Å². The Morgan fingerprint density at radius 1 is 0.765 bits per heavy atom. The average Bonchev–Trinajstić information content (AvgIpc) is 2.40. The molecular formula is C15H12N2. The Morgan fingerprint density at radius 3 is 1.76 bits per heavy atom. The molecule has 0 bridgehead atoms. The molecule has 2 aromatic rings. The second-order valence-corrected chi connectivity index (χ2v) is 3.46. The largest absolute Gasteiger partial charge is 0.192 e. The van der Waals surface area contributed by atoms with Gasteiger partial charge in [-0.3, -0.25) is 0 Å². The highest BCUT2D eigenvalue weighted by atomic mass is 14.2. The maximum atomic E-state index is 8.41. The summed E-state index contributed by atoms with van der Waals surface area (Å²) in [6.07, 6.45) is 0. The smallest absolute Gasteiger partial charge is 0.0991 e. The topological polar surface area (TPSA) is 47.6 Å². The molecule has 2 nitrogen and oxygen atoms in total. The van der Waals surface area contributed by atoms with Crippen molar-refractivity contribution in [1.29, 1.82) is 10.5 Å². The van der Waals surface area contributed by atoms with Crippen LogP contribution in [0, 0.1) is 29.6 Å². The summed E-state index contributed by atoms with van der Waals surface area (Å²) in [7, 11) is 0. The van der Waals surface area contributed by atoms with Crippen molar-refractivity contribution in [3.63, 3.8) is 0 Å². The van der Waals surface area contributed by atoms with Gasteiger partial charge in [0.2, 0.25) is 0 Å². The molecule has 0 atom stereocenters. The number of hydrogen-bond donors (Lipinski definition) is 0. The molecule has 0 N–H and O–H groups in total. The van der Waals surface area contributed by atoms with Crippen LogP contribution in [-0.4, -0.2) is 0 Å². The predicted octanol–water partition coefficient (Wildman–Crippen LogP) is 3.42. The standard InChI is InChI=1S/C8H7N.C7H5N/c1-7-3-2-4-8(5-7)6-9;8-6-7-4-2-1-3-5-7/h2-5H,1H3;1-5H. The molecule has 0 radical (unpaired) electrons. The van der Waals surface area contributed by atoms with Gasteiger partial charge in [-0.15, -0.1) is 0 Å². The van der Waals surface area contributed by atoms with Crippen LogP contribution < -0.4 is 0 Å². The maximum Gasteiger partial charge on any atom is 0.0991 e. The van der Waals surface area contributed by atoms with Crippen LogP contribution in [0.2, 0.25) is 0 Å². The van der Waals surface area contributed by atoms with Crippen molar-refractivity contribution in [3.05, 3.63) is 71.3 Å². The van der Waals surface area contributed by atoms with E-state index in [2.05, 4.69) is 6.07 Å². The van der Waals surface area contributed by atoms with Gasteiger partial charge in [-0.05, 0) is 36.8 Å². The Bertz CT molecular complexity index is 545. The highest BCUT2D eigenvalue weighted by Crippen LogP contribution is 2.00. The Kier molecular flexibility index (Phi) is 5.01. The molecule has 0 spiro atoms. The third kappa shape index (κ3) is 4.64. The van der Waals surface area contributed by atoms with E-state index in [9.17, 15) is 0 Å². The van der Waals surface area contributed by atoms with Gasteiger partial charge in [0, 0.05) is 0 Å². The van der Waals surface area contributed by atoms with E-state index >= 15 is 0 Å². The van der Waals surface area contributed by atoms with Gasteiger partial charge in [0.1, 0.15) is 0 Å². The van der Waals surface area contributed by atoms with Crippen molar-refractivity contribution >= 4 is 0 Å². The third-order valence-corrected chi connectivity index (χ3v) is 2.05. The van der Waals surface area contributed by atoms with Gasteiger partial charge in [0.25, 0.3) is 0 Å². The molecule has 0 saturated heterocycles. The summed E-state index contributed by atoms with van der Waals surface area (Å²) < 4.78 is 0. The fraction of sp³-hybridized carbons (Fsp3) is 0.0667. The lowest BCUT2D eigenvalue weighted by atomic mass is 10.2. The third-order valence-electron chi connectivity index (χ3n) is 2.05. The number of aryl methyl sites for hydroxylation is 1. The van der Waals surface area contributed by atoms with E-state index in [1.807, 2.05) is 49.4 Å². The van der Waals surface area contributed by atoms with Gasteiger partial charge >= 0.3 is 0 Å². The van der Waals surface area contributed by atoms with Gasteiger partial charge in [0.15, 0.2) is 0 Å². The molecule has 0 saturated carbocycles. The van der Waals surface area contributed by atoms with Crippen molar-refractivity contribution in [3.8, 4) is 12.1 Å². The molecule has 0 aromatic heterocycles. The van der Waals surface area contributed by atoms with E-state index in [1.165, 1.54) is 0 Å². The summed E-state index contributed by atoms with van der Waals surface area (Å²) in [4.78, 5) is 0. The quantitative estimate of drug-likeness (QED) is 0.682. The minimum absolute atomic E-state index is 0.715. The van der Waals surface area contributed by atoms with Crippen molar-refractivity contribution in [1.82, 2.24) is 0 Å². The van der Waals surface area contributed by atoms with Crippen molar-refractivity contribution in [2.45, 2.75) is 6.92 Å². The number of nitriles is 2. The first-order chi connectivity index (χ1) is 8.26. The van der Waals surface area contributed by atoms with Gasteiger partial charge in [-0.1, -0.05) is 30.3 Å². The molecule has 0 aliphatic rings. The van der Waals surface area contributed by atoms with Crippen LogP contribution in [0.5, 0.6) is 0 Å². The van der Waals surface area contributed by atoms with E-state index in [4.69, 9.17) is 10.5 Å². The molecule has 2 heteroatoms. The Hall–Kier alpha value is -2.58. The second-order valence-electron chi connectivity index (χ2n) is 3.46. The van der Waals surface area contributed by atoms with Gasteiger partial charge < -0.3 is 0 Å². The monoisotopic (exact) mass is 220 g/mol. The summed E-state index contributed by atoms with van der Waals surface area (Å²) in [5.74, 6) is 0. The first-order valence-corrected chi connectivity index (χ1v) is 5.18. The van der Waals surface area contributed by atoms with Gasteiger partial charge in [-0.25, -0.2) is 0 Å². The normalized spacial score (nSPS) is 8.18. The second kappa shape index (κ2) is 6.82. The molecule has 17 heavy (non-hydrogen) atoms.